The number of morpholine rings is 1. The highest BCUT2D eigenvalue weighted by Crippen LogP contribution is 2.69. The van der Waals surface area contributed by atoms with E-state index in [0.29, 0.717) is 30.0 Å². The van der Waals surface area contributed by atoms with Crippen molar-refractivity contribution in [1.82, 2.24) is 9.88 Å². The molecule has 5 aliphatic rings. The number of aromatic nitrogens is 1. The first kappa shape index (κ1) is 24.1. The minimum Gasteiger partial charge on any atom is -0.495 e. The van der Waals surface area contributed by atoms with E-state index >= 15 is 0 Å². The first-order valence-corrected chi connectivity index (χ1v) is 13.5. The molecule has 4 fully saturated rings. The number of nitrogens with zero attached hydrogens (tertiary/aromatic N) is 2. The maximum Gasteiger partial charge on any atom is 0.229 e. The molecule has 7 atom stereocenters. The van der Waals surface area contributed by atoms with E-state index in [1.807, 2.05) is 54.6 Å². The summed E-state index contributed by atoms with van der Waals surface area (Å²) in [6, 6.07) is 17.0. The van der Waals surface area contributed by atoms with Gasteiger partial charge >= 0.3 is 0 Å². The Bertz CT molecular complexity index is 1390. The number of pyridine rings is 1. The van der Waals surface area contributed by atoms with Gasteiger partial charge in [-0.1, -0.05) is 58.4 Å². The summed E-state index contributed by atoms with van der Waals surface area (Å²) in [4.78, 5) is 20.3. The maximum absolute atomic E-state index is 14.3. The van der Waals surface area contributed by atoms with Crippen molar-refractivity contribution < 1.29 is 29.2 Å². The summed E-state index contributed by atoms with van der Waals surface area (Å²) < 4.78 is 19.0. The highest BCUT2D eigenvalue weighted by atomic mass is 79.9. The van der Waals surface area contributed by atoms with Crippen LogP contribution < -0.4 is 9.47 Å². The number of aliphatic hydroxyl groups excluding tert-OH is 1. The van der Waals surface area contributed by atoms with Crippen LogP contribution in [0.1, 0.15) is 29.0 Å². The molecule has 2 aromatic carbocycles. The minimum atomic E-state index is -2.01. The van der Waals surface area contributed by atoms with Crippen LogP contribution >= 0.6 is 15.9 Å². The molecule has 3 saturated heterocycles. The Hall–Kier alpha value is -2.98. The Morgan fingerprint density at radius 1 is 1.11 bits per heavy atom. The predicted molar refractivity (Wildman–Crippen MR) is 140 cm³/mol. The summed E-state index contributed by atoms with van der Waals surface area (Å²) in [7, 11) is 1.49. The number of methoxy groups -OCH3 is 1. The van der Waals surface area contributed by atoms with Crippen molar-refractivity contribution in [2.75, 3.05) is 20.2 Å². The molecule has 1 saturated carbocycles. The fraction of sp³-hybridized carbons (Fsp3) is 0.379. The molecule has 4 aliphatic heterocycles. The molecule has 8 nitrogen and oxygen atoms in total. The molecule has 3 aromatic rings. The monoisotopic (exact) mass is 578 g/mol. The number of rotatable bonds is 4. The smallest absolute Gasteiger partial charge is 0.229 e. The largest absolute Gasteiger partial charge is 0.495 e. The topological polar surface area (TPSA) is 101 Å². The van der Waals surface area contributed by atoms with E-state index in [9.17, 15) is 15.0 Å². The Morgan fingerprint density at radius 3 is 2.45 bits per heavy atom. The van der Waals surface area contributed by atoms with Gasteiger partial charge in [0.25, 0.3) is 0 Å². The lowest BCUT2D eigenvalue weighted by Crippen LogP contribution is -2.60. The average Bonchev–Trinajstić information content (AvgIpc) is 3.31. The lowest BCUT2D eigenvalue weighted by molar-refractivity contribution is -0.193. The van der Waals surface area contributed by atoms with Gasteiger partial charge in [-0.15, -0.1) is 0 Å². The van der Waals surface area contributed by atoms with Gasteiger partial charge < -0.3 is 29.3 Å². The molecule has 1 aliphatic carbocycles. The normalized spacial score (nSPS) is 34.6. The van der Waals surface area contributed by atoms with E-state index in [1.54, 1.807) is 4.90 Å². The van der Waals surface area contributed by atoms with Crippen molar-refractivity contribution in [2.45, 2.75) is 41.9 Å². The number of amides is 1. The molecule has 2 N–H and O–H groups in total. The Kier molecular flexibility index (Phi) is 5.39. The molecular weight excluding hydrogens is 552 g/mol. The maximum atomic E-state index is 14.3. The number of fused-ring (bicyclic) bond motifs is 5. The zero-order valence-electron chi connectivity index (χ0n) is 20.7. The first-order valence-electron chi connectivity index (χ1n) is 12.8. The van der Waals surface area contributed by atoms with E-state index in [0.717, 1.165) is 16.5 Å². The number of halogens is 1. The molecule has 9 heteroatoms. The molecule has 38 heavy (non-hydrogen) atoms. The molecule has 1 amide bonds. The number of carbonyl (C=O) groups is 1. The standard InChI is InChI=1S/C29H27BrN2O6/c1-36-21-12-31-13-22-25(21)28(35)26(33)23(27(34)32-14-19-11-20(15-32)37-19)24(16-5-3-2-4-6-16)29(28,38-22)17-7-9-18(30)10-8-17/h2-10,12-13,19-20,23-24,26,33,35H,11,14-15H2,1H3/t19?,20?,23-,24-,26-,28+,29+/m1/s1. The Morgan fingerprint density at radius 2 is 1.79 bits per heavy atom. The number of piperidine rings is 1. The highest BCUT2D eigenvalue weighted by molar-refractivity contribution is 9.10. The molecule has 5 heterocycles. The Balaban J connectivity index is 1.49. The molecule has 196 valence electrons. The fourth-order valence-electron chi connectivity index (χ4n) is 7.11. The van der Waals surface area contributed by atoms with Crippen LogP contribution in [0.5, 0.6) is 11.5 Å². The summed E-state index contributed by atoms with van der Waals surface area (Å²) in [5.41, 5.74) is -1.84. The number of hydrogen-bond acceptors (Lipinski definition) is 7. The van der Waals surface area contributed by atoms with Gasteiger partial charge in [0.2, 0.25) is 5.91 Å². The average molecular weight is 579 g/mol. The summed E-state index contributed by atoms with van der Waals surface area (Å²) in [5.74, 6) is -1.34. The third-order valence-electron chi connectivity index (χ3n) is 8.67. The van der Waals surface area contributed by atoms with Crippen molar-refractivity contribution in [1.29, 1.82) is 0 Å². The zero-order chi connectivity index (χ0) is 26.2. The molecule has 2 unspecified atom stereocenters. The van der Waals surface area contributed by atoms with Gasteiger partial charge in [0.15, 0.2) is 11.2 Å². The molecule has 2 bridgehead atoms. The Labute approximate surface area is 228 Å². The molecule has 0 radical (unpaired) electrons. The van der Waals surface area contributed by atoms with Crippen LogP contribution in [-0.4, -0.2) is 64.5 Å². The van der Waals surface area contributed by atoms with Crippen molar-refractivity contribution in [3.8, 4) is 11.5 Å². The van der Waals surface area contributed by atoms with Crippen molar-refractivity contribution in [3.63, 3.8) is 0 Å². The van der Waals surface area contributed by atoms with Crippen LogP contribution in [0.25, 0.3) is 0 Å². The lowest BCUT2D eigenvalue weighted by Gasteiger charge is -2.48. The number of aliphatic hydroxyl groups is 2. The van der Waals surface area contributed by atoms with Gasteiger partial charge in [0.1, 0.15) is 17.6 Å². The van der Waals surface area contributed by atoms with Crippen LogP contribution in [0.3, 0.4) is 0 Å². The van der Waals surface area contributed by atoms with Crippen molar-refractivity contribution in [3.05, 3.63) is 88.2 Å². The summed E-state index contributed by atoms with van der Waals surface area (Å²) in [5, 5.41) is 25.0. The van der Waals surface area contributed by atoms with Gasteiger partial charge in [-0.05, 0) is 23.3 Å². The third-order valence-corrected chi connectivity index (χ3v) is 9.20. The first-order chi connectivity index (χ1) is 18.4. The summed E-state index contributed by atoms with van der Waals surface area (Å²) in [6.07, 6.45) is 2.48. The second kappa shape index (κ2) is 8.51. The quantitative estimate of drug-likeness (QED) is 0.490. The molecular formula is C29H27BrN2O6. The van der Waals surface area contributed by atoms with Gasteiger partial charge in [0.05, 0.1) is 43.2 Å². The second-order valence-electron chi connectivity index (χ2n) is 10.5. The highest BCUT2D eigenvalue weighted by Gasteiger charge is 2.78. The minimum absolute atomic E-state index is 0.0117. The van der Waals surface area contributed by atoms with Crippen LogP contribution in [0.15, 0.2) is 71.5 Å². The van der Waals surface area contributed by atoms with E-state index < -0.39 is 29.1 Å². The van der Waals surface area contributed by atoms with Crippen molar-refractivity contribution in [2.24, 2.45) is 5.92 Å². The van der Waals surface area contributed by atoms with Gasteiger partial charge in [-0.25, -0.2) is 0 Å². The van der Waals surface area contributed by atoms with Crippen LogP contribution in [-0.2, 0) is 20.7 Å². The van der Waals surface area contributed by atoms with E-state index in [1.165, 1.54) is 19.5 Å². The zero-order valence-corrected chi connectivity index (χ0v) is 22.2. The van der Waals surface area contributed by atoms with Crippen LogP contribution in [0.4, 0.5) is 0 Å². The van der Waals surface area contributed by atoms with Gasteiger partial charge in [-0.3, -0.25) is 9.78 Å². The third kappa shape index (κ3) is 3.07. The van der Waals surface area contributed by atoms with Crippen molar-refractivity contribution >= 4 is 21.8 Å². The van der Waals surface area contributed by atoms with Crippen LogP contribution in [0, 0.1) is 5.92 Å². The summed E-state index contributed by atoms with van der Waals surface area (Å²) in [6.45, 7) is 0.933. The van der Waals surface area contributed by atoms with E-state index in [2.05, 4.69) is 20.9 Å². The molecule has 8 rings (SSSR count). The van der Waals surface area contributed by atoms with E-state index in [-0.39, 0.29) is 23.9 Å². The molecule has 1 aromatic heterocycles. The number of benzene rings is 2. The summed E-state index contributed by atoms with van der Waals surface area (Å²) >= 11 is 3.50. The second-order valence-corrected chi connectivity index (χ2v) is 11.5. The van der Waals surface area contributed by atoms with E-state index in [4.69, 9.17) is 14.2 Å². The van der Waals surface area contributed by atoms with Gasteiger partial charge in [-0.2, -0.15) is 0 Å². The number of ether oxygens (including phenoxy) is 3. The lowest BCUT2D eigenvalue weighted by atomic mass is 9.70. The number of hydrogen-bond donors (Lipinski definition) is 2. The van der Waals surface area contributed by atoms with Crippen LogP contribution in [0.2, 0.25) is 0 Å². The van der Waals surface area contributed by atoms with Gasteiger partial charge in [0, 0.05) is 29.9 Å². The predicted octanol–water partition coefficient (Wildman–Crippen LogP) is 3.10. The number of carbonyl (C=O) groups excluding carboxylic acids is 1. The fourth-order valence-corrected chi connectivity index (χ4v) is 7.38. The SMILES string of the molecule is COc1cncc2c1[C@]1(O)[C@H](O)[C@H](C(=O)N3CC4CC(C3)O4)[C@@H](c3ccccc3)[C@]1(c1ccc(Br)cc1)O2. The molecule has 0 spiro atoms.